The molecule has 0 saturated heterocycles. The van der Waals surface area contributed by atoms with E-state index in [1.54, 1.807) is 12.5 Å². The third-order valence-electron chi connectivity index (χ3n) is 2.56. The van der Waals surface area contributed by atoms with Crippen molar-refractivity contribution in [2.45, 2.75) is 44.1 Å². The van der Waals surface area contributed by atoms with E-state index in [1.807, 2.05) is 18.4 Å². The van der Waals surface area contributed by atoms with E-state index in [0.29, 0.717) is 6.04 Å². The van der Waals surface area contributed by atoms with Crippen LogP contribution in [0.2, 0.25) is 0 Å². The molecule has 4 nitrogen and oxygen atoms in total. The molecule has 1 N–H and O–H groups in total. The summed E-state index contributed by atoms with van der Waals surface area (Å²) in [6.45, 7) is 3.83. The van der Waals surface area contributed by atoms with Crippen LogP contribution in [0.25, 0.3) is 0 Å². The molecule has 16 heavy (non-hydrogen) atoms. The van der Waals surface area contributed by atoms with E-state index >= 15 is 0 Å². The molecule has 1 aromatic heterocycles. The molecular formula is C11H16ClN3O. The van der Waals surface area contributed by atoms with Crippen LogP contribution < -0.4 is 5.32 Å². The lowest BCUT2D eigenvalue weighted by Crippen LogP contribution is -2.33. The second kappa shape index (κ2) is 4.45. The second-order valence-corrected chi connectivity index (χ2v) is 4.92. The van der Waals surface area contributed by atoms with Gasteiger partial charge in [0.2, 0.25) is 5.91 Å². The predicted molar refractivity (Wildman–Crippen MR) is 62.4 cm³/mol. The highest BCUT2D eigenvalue weighted by atomic mass is 35.5. The number of halogens is 1. The molecule has 1 aliphatic carbocycles. The number of carbonyl (C=O) groups excluding carboxylic acids is 1. The molecule has 0 aromatic carbocycles. The molecule has 1 saturated carbocycles. The topological polar surface area (TPSA) is 46.9 Å². The number of nitrogens with zero attached hydrogens (tertiary/aromatic N) is 2. The van der Waals surface area contributed by atoms with Crippen LogP contribution in [0.5, 0.6) is 0 Å². The van der Waals surface area contributed by atoms with Crippen LogP contribution in [-0.2, 0) is 4.79 Å². The average molecular weight is 242 g/mol. The Morgan fingerprint density at radius 1 is 1.62 bits per heavy atom. The minimum absolute atomic E-state index is 0.103. The molecule has 1 aromatic rings. The normalized spacial score (nSPS) is 17.5. The summed E-state index contributed by atoms with van der Waals surface area (Å²) in [6.07, 6.45) is 5.73. The highest BCUT2D eigenvalue weighted by molar-refractivity contribution is 6.30. The minimum atomic E-state index is -0.648. The lowest BCUT2D eigenvalue weighted by Gasteiger charge is -2.14. The summed E-state index contributed by atoms with van der Waals surface area (Å²) in [5.74, 6) is -0.154. The third kappa shape index (κ3) is 2.38. The largest absolute Gasteiger partial charge is 0.352 e. The van der Waals surface area contributed by atoms with Crippen molar-refractivity contribution in [2.75, 3.05) is 0 Å². The van der Waals surface area contributed by atoms with E-state index in [1.165, 1.54) is 0 Å². The van der Waals surface area contributed by atoms with E-state index < -0.39 is 5.38 Å². The fourth-order valence-electron chi connectivity index (χ4n) is 1.66. The molecular weight excluding hydrogens is 226 g/mol. The number of hydrogen-bond donors (Lipinski definition) is 1. The van der Waals surface area contributed by atoms with Gasteiger partial charge in [-0.3, -0.25) is 4.79 Å². The van der Waals surface area contributed by atoms with Crippen molar-refractivity contribution in [3.05, 3.63) is 18.2 Å². The van der Waals surface area contributed by atoms with Crippen LogP contribution in [0.1, 0.15) is 43.8 Å². The third-order valence-corrected chi connectivity index (χ3v) is 2.98. The van der Waals surface area contributed by atoms with Gasteiger partial charge in [-0.15, -0.1) is 11.6 Å². The van der Waals surface area contributed by atoms with Crippen LogP contribution in [0.3, 0.4) is 0 Å². The Morgan fingerprint density at radius 2 is 2.31 bits per heavy atom. The quantitative estimate of drug-likeness (QED) is 0.820. The zero-order valence-electron chi connectivity index (χ0n) is 9.48. The van der Waals surface area contributed by atoms with Crippen molar-refractivity contribution in [1.29, 1.82) is 0 Å². The summed E-state index contributed by atoms with van der Waals surface area (Å²) < 4.78 is 2.01. The second-order valence-electron chi connectivity index (χ2n) is 4.48. The first-order valence-corrected chi connectivity index (χ1v) is 5.99. The maximum atomic E-state index is 11.8. The van der Waals surface area contributed by atoms with E-state index in [0.717, 1.165) is 18.5 Å². The summed E-state index contributed by atoms with van der Waals surface area (Å²) in [5.41, 5.74) is 0.794. The number of nitrogens with one attached hydrogen (secondary N) is 1. The van der Waals surface area contributed by atoms with Gasteiger partial charge in [0, 0.05) is 12.1 Å². The summed E-state index contributed by atoms with van der Waals surface area (Å²) in [4.78, 5) is 15.8. The predicted octanol–water partition coefficient (Wildman–Crippen LogP) is 2.02. The average Bonchev–Trinajstić information content (AvgIpc) is 2.94. The fraction of sp³-hybridized carbons (Fsp3) is 0.636. The Morgan fingerprint density at radius 3 is 2.88 bits per heavy atom. The molecule has 0 spiro atoms. The zero-order chi connectivity index (χ0) is 11.7. The highest BCUT2D eigenvalue weighted by Crippen LogP contribution is 2.37. The van der Waals surface area contributed by atoms with Crippen LogP contribution >= 0.6 is 11.6 Å². The Hall–Kier alpha value is -1.03. The molecule has 0 radical (unpaired) electrons. The Balaban J connectivity index is 2.10. The molecule has 1 fully saturated rings. The molecule has 1 atom stereocenters. The van der Waals surface area contributed by atoms with Gasteiger partial charge in [-0.05, 0) is 26.7 Å². The Bertz CT molecular complexity index is 384. The van der Waals surface area contributed by atoms with Gasteiger partial charge in [0.15, 0.2) is 5.38 Å². The van der Waals surface area contributed by atoms with E-state index in [-0.39, 0.29) is 11.9 Å². The maximum absolute atomic E-state index is 11.8. The smallest absolute Gasteiger partial charge is 0.244 e. The SMILES string of the molecule is CC(C)NC(=O)C(Cl)c1cncn1C1CC1. The van der Waals surface area contributed by atoms with Gasteiger partial charge in [-0.25, -0.2) is 4.98 Å². The first-order valence-electron chi connectivity index (χ1n) is 5.55. The van der Waals surface area contributed by atoms with Gasteiger partial charge < -0.3 is 9.88 Å². The lowest BCUT2D eigenvalue weighted by molar-refractivity contribution is -0.121. The summed E-state index contributed by atoms with van der Waals surface area (Å²) in [7, 11) is 0. The number of alkyl halides is 1. The van der Waals surface area contributed by atoms with Gasteiger partial charge in [0.05, 0.1) is 18.2 Å². The molecule has 2 rings (SSSR count). The Kier molecular flexibility index (Phi) is 3.19. The van der Waals surface area contributed by atoms with Gasteiger partial charge >= 0.3 is 0 Å². The molecule has 1 unspecified atom stereocenters. The van der Waals surface area contributed by atoms with E-state index in [9.17, 15) is 4.79 Å². The molecule has 88 valence electrons. The van der Waals surface area contributed by atoms with E-state index in [2.05, 4.69) is 10.3 Å². The van der Waals surface area contributed by atoms with Crippen molar-refractivity contribution < 1.29 is 4.79 Å². The number of aromatic nitrogens is 2. The number of imidazole rings is 1. The molecule has 0 aliphatic heterocycles. The van der Waals surface area contributed by atoms with Crippen molar-refractivity contribution in [2.24, 2.45) is 0 Å². The first kappa shape index (κ1) is 11.5. The molecule has 1 amide bonds. The van der Waals surface area contributed by atoms with Crippen LogP contribution in [-0.4, -0.2) is 21.5 Å². The maximum Gasteiger partial charge on any atom is 0.244 e. The fourth-order valence-corrected chi connectivity index (χ4v) is 1.89. The number of carbonyl (C=O) groups is 1. The van der Waals surface area contributed by atoms with Gasteiger partial charge in [-0.2, -0.15) is 0 Å². The minimum Gasteiger partial charge on any atom is -0.352 e. The standard InChI is InChI=1S/C11H16ClN3O/c1-7(2)14-11(16)10(12)9-5-13-6-15(9)8-3-4-8/h5-8,10H,3-4H2,1-2H3,(H,14,16). The molecule has 1 heterocycles. The van der Waals surface area contributed by atoms with Crippen LogP contribution in [0, 0.1) is 0 Å². The van der Waals surface area contributed by atoms with Crippen molar-refractivity contribution in [3.8, 4) is 0 Å². The van der Waals surface area contributed by atoms with Crippen LogP contribution in [0.4, 0.5) is 0 Å². The molecule has 5 heteroatoms. The summed E-state index contributed by atoms with van der Waals surface area (Å²) >= 11 is 6.15. The summed E-state index contributed by atoms with van der Waals surface area (Å²) in [5, 5.41) is 2.16. The monoisotopic (exact) mass is 241 g/mol. The first-order chi connectivity index (χ1) is 7.59. The molecule has 1 aliphatic rings. The van der Waals surface area contributed by atoms with Gasteiger partial charge in [0.25, 0.3) is 0 Å². The van der Waals surface area contributed by atoms with Crippen molar-refractivity contribution in [1.82, 2.24) is 14.9 Å². The Labute approximate surface area is 100.0 Å². The van der Waals surface area contributed by atoms with Crippen molar-refractivity contribution in [3.63, 3.8) is 0 Å². The van der Waals surface area contributed by atoms with Gasteiger partial charge in [0.1, 0.15) is 0 Å². The van der Waals surface area contributed by atoms with Crippen LogP contribution in [0.15, 0.2) is 12.5 Å². The number of amides is 1. The van der Waals surface area contributed by atoms with Crippen molar-refractivity contribution >= 4 is 17.5 Å². The summed E-state index contributed by atoms with van der Waals surface area (Å²) in [6, 6.07) is 0.594. The van der Waals surface area contributed by atoms with Gasteiger partial charge in [-0.1, -0.05) is 0 Å². The lowest BCUT2D eigenvalue weighted by atomic mass is 10.2. The zero-order valence-corrected chi connectivity index (χ0v) is 10.2. The van der Waals surface area contributed by atoms with E-state index in [4.69, 9.17) is 11.6 Å². The highest BCUT2D eigenvalue weighted by Gasteiger charge is 2.29. The number of hydrogen-bond acceptors (Lipinski definition) is 2. The molecule has 0 bridgehead atoms. The number of rotatable bonds is 4.